The third-order valence-electron chi connectivity index (χ3n) is 2.46. The first-order valence-electron chi connectivity index (χ1n) is 6.20. The first-order valence-corrected chi connectivity index (χ1v) is 6.20. The number of rotatable bonds is 4. The van der Waals surface area contributed by atoms with Gasteiger partial charge in [-0.3, -0.25) is 4.79 Å². The van der Waals surface area contributed by atoms with Crippen LogP contribution in [-0.2, 0) is 0 Å². The minimum absolute atomic E-state index is 0.120. The van der Waals surface area contributed by atoms with Crippen molar-refractivity contribution in [2.45, 2.75) is 19.9 Å². The zero-order chi connectivity index (χ0) is 14.5. The molecule has 2 rings (SSSR count). The van der Waals surface area contributed by atoms with Crippen LogP contribution in [0.1, 0.15) is 24.3 Å². The molecule has 0 radical (unpaired) electrons. The maximum Gasteiger partial charge on any atom is 0.274 e. The van der Waals surface area contributed by atoms with Crippen LogP contribution in [0.2, 0.25) is 0 Å². The Kier molecular flexibility index (Phi) is 4.24. The molecular formula is C14H15FN4O. The zero-order valence-electron chi connectivity index (χ0n) is 11.2. The molecule has 5 nitrogen and oxygen atoms in total. The van der Waals surface area contributed by atoms with Crippen LogP contribution >= 0.6 is 0 Å². The Hall–Kier alpha value is -2.50. The third-order valence-corrected chi connectivity index (χ3v) is 2.46. The van der Waals surface area contributed by atoms with Gasteiger partial charge >= 0.3 is 0 Å². The number of hydrogen-bond acceptors (Lipinski definition) is 4. The van der Waals surface area contributed by atoms with Gasteiger partial charge in [-0.05, 0) is 26.0 Å². The third kappa shape index (κ3) is 3.50. The second-order valence-corrected chi connectivity index (χ2v) is 4.52. The van der Waals surface area contributed by atoms with E-state index >= 15 is 0 Å². The molecule has 20 heavy (non-hydrogen) atoms. The Bertz CT molecular complexity index is 616. The van der Waals surface area contributed by atoms with Crippen LogP contribution in [0.15, 0.2) is 36.7 Å². The molecule has 1 aromatic carbocycles. The molecule has 0 bridgehead atoms. The summed E-state index contributed by atoms with van der Waals surface area (Å²) in [5, 5.41) is 5.55. The molecule has 0 unspecified atom stereocenters. The smallest absolute Gasteiger partial charge is 0.274 e. The van der Waals surface area contributed by atoms with Crippen LogP contribution < -0.4 is 10.6 Å². The monoisotopic (exact) mass is 274 g/mol. The van der Waals surface area contributed by atoms with Gasteiger partial charge in [-0.15, -0.1) is 0 Å². The molecule has 1 amide bonds. The lowest BCUT2D eigenvalue weighted by Crippen LogP contribution is -2.17. The number of nitrogens with one attached hydrogen (secondary N) is 2. The summed E-state index contributed by atoms with van der Waals surface area (Å²) in [6.07, 6.45) is 1.29. The van der Waals surface area contributed by atoms with Crippen molar-refractivity contribution >= 4 is 17.4 Å². The minimum atomic E-state index is -0.490. The molecule has 2 aromatic rings. The molecule has 0 aliphatic heterocycles. The molecule has 1 aromatic heterocycles. The van der Waals surface area contributed by atoms with E-state index < -0.39 is 11.7 Å². The molecule has 2 N–H and O–H groups in total. The van der Waals surface area contributed by atoms with Crippen molar-refractivity contribution < 1.29 is 9.18 Å². The van der Waals surface area contributed by atoms with Gasteiger partial charge in [-0.1, -0.05) is 12.1 Å². The lowest BCUT2D eigenvalue weighted by Gasteiger charge is -2.10. The van der Waals surface area contributed by atoms with E-state index in [-0.39, 0.29) is 17.4 Å². The van der Waals surface area contributed by atoms with Gasteiger partial charge in [0.25, 0.3) is 5.91 Å². The van der Waals surface area contributed by atoms with Crippen molar-refractivity contribution in [1.82, 2.24) is 9.97 Å². The number of carbonyl (C=O) groups is 1. The Morgan fingerprint density at radius 3 is 2.70 bits per heavy atom. The minimum Gasteiger partial charge on any atom is -0.368 e. The van der Waals surface area contributed by atoms with E-state index in [1.165, 1.54) is 24.5 Å². The molecule has 104 valence electrons. The fourth-order valence-electron chi connectivity index (χ4n) is 1.61. The van der Waals surface area contributed by atoms with E-state index in [1.807, 2.05) is 13.8 Å². The van der Waals surface area contributed by atoms with Crippen LogP contribution in [0.4, 0.5) is 15.9 Å². The standard InChI is InChI=1S/C14H15FN4O/c1-9(2)18-13-7-12(16-8-17-13)14(20)19-11-6-4-3-5-10(11)15/h3-9H,1-2H3,(H,19,20)(H,16,17,18). The Morgan fingerprint density at radius 1 is 1.25 bits per heavy atom. The number of amides is 1. The number of para-hydroxylation sites is 1. The molecule has 0 fully saturated rings. The molecule has 0 saturated heterocycles. The second-order valence-electron chi connectivity index (χ2n) is 4.52. The molecule has 0 aliphatic carbocycles. The van der Waals surface area contributed by atoms with E-state index in [0.717, 1.165) is 0 Å². The fraction of sp³-hybridized carbons (Fsp3) is 0.214. The number of nitrogens with zero attached hydrogens (tertiary/aromatic N) is 2. The normalized spacial score (nSPS) is 10.4. The summed E-state index contributed by atoms with van der Waals surface area (Å²) in [5.74, 6) is -0.423. The Morgan fingerprint density at radius 2 is 2.00 bits per heavy atom. The maximum absolute atomic E-state index is 13.5. The summed E-state index contributed by atoms with van der Waals surface area (Å²) < 4.78 is 13.5. The van der Waals surface area contributed by atoms with Crippen molar-refractivity contribution in [3.63, 3.8) is 0 Å². The summed E-state index contributed by atoms with van der Waals surface area (Å²) in [4.78, 5) is 19.9. The lowest BCUT2D eigenvalue weighted by molar-refractivity contribution is 0.102. The van der Waals surface area contributed by atoms with Crippen molar-refractivity contribution in [2.24, 2.45) is 0 Å². The summed E-state index contributed by atoms with van der Waals surface area (Å²) in [5.41, 5.74) is 0.292. The van der Waals surface area contributed by atoms with Crippen LogP contribution in [0.3, 0.4) is 0 Å². The van der Waals surface area contributed by atoms with Crippen molar-refractivity contribution in [3.8, 4) is 0 Å². The van der Waals surface area contributed by atoms with Crippen LogP contribution in [0.5, 0.6) is 0 Å². The van der Waals surface area contributed by atoms with Gasteiger partial charge in [0, 0.05) is 12.1 Å². The summed E-state index contributed by atoms with van der Waals surface area (Å²) >= 11 is 0. The number of aromatic nitrogens is 2. The summed E-state index contributed by atoms with van der Waals surface area (Å²) in [7, 11) is 0. The first kappa shape index (κ1) is 13.9. The summed E-state index contributed by atoms with van der Waals surface area (Å²) in [6.45, 7) is 3.92. The maximum atomic E-state index is 13.5. The van der Waals surface area contributed by atoms with E-state index in [1.54, 1.807) is 12.1 Å². The molecule has 0 atom stereocenters. The van der Waals surface area contributed by atoms with Gasteiger partial charge < -0.3 is 10.6 Å². The quantitative estimate of drug-likeness (QED) is 0.899. The average molecular weight is 274 g/mol. The van der Waals surface area contributed by atoms with Crippen LogP contribution in [0, 0.1) is 5.82 Å². The molecule has 0 spiro atoms. The largest absolute Gasteiger partial charge is 0.368 e. The topological polar surface area (TPSA) is 66.9 Å². The predicted octanol–water partition coefficient (Wildman–Crippen LogP) is 2.69. The number of carbonyl (C=O) groups excluding carboxylic acids is 1. The highest BCUT2D eigenvalue weighted by atomic mass is 19.1. The number of anilines is 2. The lowest BCUT2D eigenvalue weighted by atomic mass is 10.3. The van der Waals surface area contributed by atoms with Gasteiger partial charge in [-0.2, -0.15) is 0 Å². The molecule has 0 saturated carbocycles. The SMILES string of the molecule is CC(C)Nc1cc(C(=O)Nc2ccccc2F)ncn1. The second kappa shape index (κ2) is 6.10. The van der Waals surface area contributed by atoms with Gasteiger partial charge in [-0.25, -0.2) is 14.4 Å². The Balaban J connectivity index is 2.15. The zero-order valence-corrected chi connectivity index (χ0v) is 11.2. The van der Waals surface area contributed by atoms with Gasteiger partial charge in [0.15, 0.2) is 0 Å². The highest BCUT2D eigenvalue weighted by Crippen LogP contribution is 2.14. The number of benzene rings is 1. The van der Waals surface area contributed by atoms with E-state index in [2.05, 4.69) is 20.6 Å². The summed E-state index contributed by atoms with van der Waals surface area (Å²) in [6, 6.07) is 7.68. The fourth-order valence-corrected chi connectivity index (χ4v) is 1.61. The van der Waals surface area contributed by atoms with Crippen molar-refractivity contribution in [3.05, 3.63) is 48.2 Å². The number of halogens is 1. The van der Waals surface area contributed by atoms with Crippen LogP contribution in [0.25, 0.3) is 0 Å². The molecule has 6 heteroatoms. The highest BCUT2D eigenvalue weighted by molar-refractivity contribution is 6.03. The van der Waals surface area contributed by atoms with E-state index in [4.69, 9.17) is 0 Å². The van der Waals surface area contributed by atoms with Gasteiger partial charge in [0.05, 0.1) is 5.69 Å². The van der Waals surface area contributed by atoms with Gasteiger partial charge in [0.2, 0.25) is 0 Å². The van der Waals surface area contributed by atoms with E-state index in [9.17, 15) is 9.18 Å². The van der Waals surface area contributed by atoms with Gasteiger partial charge in [0.1, 0.15) is 23.7 Å². The number of hydrogen-bond donors (Lipinski definition) is 2. The first-order chi connectivity index (χ1) is 9.56. The highest BCUT2D eigenvalue weighted by Gasteiger charge is 2.11. The van der Waals surface area contributed by atoms with Crippen molar-refractivity contribution in [2.75, 3.05) is 10.6 Å². The van der Waals surface area contributed by atoms with Crippen molar-refractivity contribution in [1.29, 1.82) is 0 Å². The molecule has 0 aliphatic rings. The predicted molar refractivity (Wildman–Crippen MR) is 75.1 cm³/mol. The Labute approximate surface area is 116 Å². The molecule has 1 heterocycles. The van der Waals surface area contributed by atoms with Crippen LogP contribution in [-0.4, -0.2) is 21.9 Å². The average Bonchev–Trinajstić information content (AvgIpc) is 2.41. The van der Waals surface area contributed by atoms with E-state index in [0.29, 0.717) is 5.82 Å². The molecular weight excluding hydrogens is 259 g/mol.